The van der Waals surface area contributed by atoms with Gasteiger partial charge in [-0.15, -0.1) is 0 Å². The highest BCUT2D eigenvalue weighted by molar-refractivity contribution is 5.91. The van der Waals surface area contributed by atoms with Gasteiger partial charge in [-0.05, 0) is 48.7 Å². The molecule has 0 unspecified atom stereocenters. The van der Waals surface area contributed by atoms with Gasteiger partial charge in [-0.1, -0.05) is 13.0 Å². The summed E-state index contributed by atoms with van der Waals surface area (Å²) in [6.07, 6.45) is 1.70. The Hall–Kier alpha value is -2.82. The van der Waals surface area contributed by atoms with Crippen molar-refractivity contribution in [3.63, 3.8) is 0 Å². The molecule has 5 heteroatoms. The molecule has 3 rings (SSSR count). The van der Waals surface area contributed by atoms with Crippen molar-refractivity contribution in [2.75, 3.05) is 0 Å². The Balaban J connectivity index is 2.08. The average molecular weight is 309 g/mol. The van der Waals surface area contributed by atoms with Crippen molar-refractivity contribution < 1.29 is 9.90 Å². The molecular weight excluding hydrogens is 290 g/mol. The number of rotatable bonds is 4. The van der Waals surface area contributed by atoms with Gasteiger partial charge in [-0.2, -0.15) is 0 Å². The van der Waals surface area contributed by atoms with Crippen molar-refractivity contribution >= 4 is 17.0 Å². The molecule has 0 bridgehead atoms. The first-order valence-corrected chi connectivity index (χ1v) is 7.61. The van der Waals surface area contributed by atoms with E-state index in [2.05, 4.69) is 34.3 Å². The van der Waals surface area contributed by atoms with Crippen molar-refractivity contribution in [3.8, 4) is 11.3 Å². The van der Waals surface area contributed by atoms with Gasteiger partial charge in [0.2, 0.25) is 0 Å². The molecule has 0 spiro atoms. The zero-order chi connectivity index (χ0) is 16.4. The van der Waals surface area contributed by atoms with Crippen LogP contribution in [0, 0.1) is 6.92 Å². The Morgan fingerprint density at radius 3 is 2.83 bits per heavy atom. The summed E-state index contributed by atoms with van der Waals surface area (Å²) >= 11 is 0. The Morgan fingerprint density at radius 1 is 1.30 bits per heavy atom. The molecule has 23 heavy (non-hydrogen) atoms. The molecule has 0 aliphatic carbocycles. The van der Waals surface area contributed by atoms with Crippen LogP contribution in [0.4, 0.5) is 4.79 Å². The number of pyridine rings is 1. The van der Waals surface area contributed by atoms with Crippen LogP contribution in [0.1, 0.15) is 23.7 Å². The lowest BCUT2D eigenvalue weighted by Crippen LogP contribution is -2.19. The zero-order valence-electron chi connectivity index (χ0n) is 13.2. The summed E-state index contributed by atoms with van der Waals surface area (Å²) in [5.41, 5.74) is 6.46. The molecule has 5 nitrogen and oxygen atoms in total. The number of aromatic nitrogens is 2. The number of fused-ring (bicyclic) bond motifs is 1. The molecule has 0 atom stereocenters. The van der Waals surface area contributed by atoms with E-state index in [1.807, 2.05) is 31.3 Å². The summed E-state index contributed by atoms with van der Waals surface area (Å²) in [5.74, 6) is 0. The Bertz CT molecular complexity index is 868. The first kappa shape index (κ1) is 15.1. The lowest BCUT2D eigenvalue weighted by molar-refractivity contribution is 0.194. The maximum Gasteiger partial charge on any atom is 0.404 e. The summed E-state index contributed by atoms with van der Waals surface area (Å²) in [7, 11) is 0. The van der Waals surface area contributed by atoms with Crippen LogP contribution in [0.15, 0.2) is 36.5 Å². The third kappa shape index (κ3) is 3.04. The molecular formula is C18H19N3O2. The molecule has 1 aromatic carbocycles. The van der Waals surface area contributed by atoms with Crippen LogP contribution in [0.5, 0.6) is 0 Å². The van der Waals surface area contributed by atoms with Gasteiger partial charge in [-0.25, -0.2) is 4.79 Å². The van der Waals surface area contributed by atoms with Gasteiger partial charge in [0.25, 0.3) is 0 Å². The summed E-state index contributed by atoms with van der Waals surface area (Å²) in [6, 6.07) is 10.1. The van der Waals surface area contributed by atoms with Crippen LogP contribution in [0.25, 0.3) is 22.2 Å². The number of nitrogens with one attached hydrogen (secondary N) is 2. The van der Waals surface area contributed by atoms with Crippen molar-refractivity contribution in [2.24, 2.45) is 0 Å². The normalized spacial score (nSPS) is 10.9. The van der Waals surface area contributed by atoms with E-state index in [9.17, 15) is 4.79 Å². The topological polar surface area (TPSA) is 78.0 Å². The highest BCUT2D eigenvalue weighted by Crippen LogP contribution is 2.31. The summed E-state index contributed by atoms with van der Waals surface area (Å²) in [6.45, 7) is 4.42. The lowest BCUT2D eigenvalue weighted by Gasteiger charge is -2.04. The monoisotopic (exact) mass is 309 g/mol. The largest absolute Gasteiger partial charge is 0.465 e. The van der Waals surface area contributed by atoms with Crippen LogP contribution < -0.4 is 5.32 Å². The Kier molecular flexibility index (Phi) is 4.02. The van der Waals surface area contributed by atoms with Crippen molar-refractivity contribution in [2.45, 2.75) is 26.8 Å². The molecule has 3 N–H and O–H groups in total. The SMILES string of the molecule is CCc1c(-c2ccnc(C)c2)[nH]c2ccc(CNC(=O)O)cc12. The van der Waals surface area contributed by atoms with E-state index in [1.165, 1.54) is 5.56 Å². The highest BCUT2D eigenvalue weighted by Gasteiger charge is 2.12. The van der Waals surface area contributed by atoms with Crippen LogP contribution in [0.2, 0.25) is 0 Å². The second-order valence-corrected chi connectivity index (χ2v) is 5.56. The number of hydrogen-bond acceptors (Lipinski definition) is 2. The number of carboxylic acid groups (broad SMARTS) is 1. The predicted molar refractivity (Wildman–Crippen MR) is 90.5 cm³/mol. The molecule has 0 aliphatic rings. The van der Waals surface area contributed by atoms with E-state index in [-0.39, 0.29) is 0 Å². The van der Waals surface area contributed by atoms with Gasteiger partial charge < -0.3 is 15.4 Å². The minimum absolute atomic E-state index is 0.309. The molecule has 0 fully saturated rings. The van der Waals surface area contributed by atoms with Gasteiger partial charge >= 0.3 is 6.09 Å². The third-order valence-corrected chi connectivity index (χ3v) is 3.95. The van der Waals surface area contributed by atoms with Crippen molar-refractivity contribution in [1.29, 1.82) is 0 Å². The van der Waals surface area contributed by atoms with E-state index in [1.54, 1.807) is 0 Å². The predicted octanol–water partition coefficient (Wildman–Crippen LogP) is 3.87. The van der Waals surface area contributed by atoms with Crippen molar-refractivity contribution in [1.82, 2.24) is 15.3 Å². The van der Waals surface area contributed by atoms with Gasteiger partial charge in [-0.3, -0.25) is 4.98 Å². The van der Waals surface area contributed by atoms with Crippen LogP contribution in [-0.4, -0.2) is 21.2 Å². The summed E-state index contributed by atoms with van der Waals surface area (Å²) in [5, 5.41) is 12.3. The molecule has 3 aromatic rings. The molecule has 2 heterocycles. The van der Waals surface area contributed by atoms with Gasteiger partial charge in [0.05, 0.1) is 0 Å². The second-order valence-electron chi connectivity index (χ2n) is 5.56. The molecule has 0 saturated heterocycles. The van der Waals surface area contributed by atoms with Crippen LogP contribution in [0.3, 0.4) is 0 Å². The number of aromatic amines is 1. The van der Waals surface area contributed by atoms with Crippen LogP contribution >= 0.6 is 0 Å². The minimum atomic E-state index is -1.01. The van der Waals surface area contributed by atoms with Gasteiger partial charge in [0.15, 0.2) is 0 Å². The summed E-state index contributed by atoms with van der Waals surface area (Å²) in [4.78, 5) is 18.4. The molecule has 0 radical (unpaired) electrons. The quantitative estimate of drug-likeness (QED) is 0.684. The first-order valence-electron chi connectivity index (χ1n) is 7.61. The zero-order valence-corrected chi connectivity index (χ0v) is 13.2. The van der Waals surface area contributed by atoms with Crippen molar-refractivity contribution in [3.05, 3.63) is 53.3 Å². The number of aryl methyl sites for hydroxylation is 2. The van der Waals surface area contributed by atoms with E-state index < -0.39 is 6.09 Å². The van der Waals surface area contributed by atoms with Gasteiger partial charge in [0.1, 0.15) is 0 Å². The van der Waals surface area contributed by atoms with E-state index in [0.29, 0.717) is 6.54 Å². The van der Waals surface area contributed by atoms with Crippen LogP contribution in [-0.2, 0) is 13.0 Å². The molecule has 1 amide bonds. The Morgan fingerprint density at radius 2 is 2.13 bits per heavy atom. The fourth-order valence-electron chi connectivity index (χ4n) is 2.90. The Labute approximate surface area is 134 Å². The molecule has 0 saturated carbocycles. The number of amides is 1. The molecule has 0 aliphatic heterocycles. The number of H-pyrrole nitrogens is 1. The number of hydrogen-bond donors (Lipinski definition) is 3. The molecule has 2 aromatic heterocycles. The standard InChI is InChI=1S/C18H19N3O2/c1-3-14-15-9-12(10-20-18(22)23)4-5-16(15)21-17(14)13-6-7-19-11(2)8-13/h4-9,20-21H,3,10H2,1-2H3,(H,22,23). The second kappa shape index (κ2) is 6.12. The fraction of sp³-hybridized carbons (Fsp3) is 0.222. The average Bonchev–Trinajstić information content (AvgIpc) is 2.90. The van der Waals surface area contributed by atoms with E-state index >= 15 is 0 Å². The maximum absolute atomic E-state index is 10.7. The number of benzene rings is 1. The van der Waals surface area contributed by atoms with Gasteiger partial charge in [0, 0.05) is 40.6 Å². The highest BCUT2D eigenvalue weighted by atomic mass is 16.4. The maximum atomic E-state index is 10.7. The number of nitrogens with zero attached hydrogens (tertiary/aromatic N) is 1. The smallest absolute Gasteiger partial charge is 0.404 e. The van der Waals surface area contributed by atoms with E-state index in [0.717, 1.165) is 39.8 Å². The molecule has 118 valence electrons. The first-order chi connectivity index (χ1) is 11.1. The third-order valence-electron chi connectivity index (χ3n) is 3.95. The lowest BCUT2D eigenvalue weighted by atomic mass is 10.0. The minimum Gasteiger partial charge on any atom is -0.465 e. The summed E-state index contributed by atoms with van der Waals surface area (Å²) < 4.78 is 0. The number of carbonyl (C=O) groups is 1. The fourth-order valence-corrected chi connectivity index (χ4v) is 2.90. The van der Waals surface area contributed by atoms with E-state index in [4.69, 9.17) is 5.11 Å².